The third-order valence-corrected chi connectivity index (χ3v) is 6.84. The standard InChI is InChI=1S/C28H26N4/c1-28(2)14-8-13-21-22(28)17-29-26(21)24-15-19-11-6-7-12-20(19)27(30-24)25-16-23(31-32-25)18-9-4-3-5-10-18/h3-7,9-12,15-17,29H,8,13-14H2,1-2H3,(H,31,32). The minimum Gasteiger partial charge on any atom is -0.359 e. The molecule has 0 unspecified atom stereocenters. The number of pyridine rings is 1. The number of hydrogen-bond acceptors (Lipinski definition) is 2. The fraction of sp³-hybridized carbons (Fsp3) is 0.214. The molecular weight excluding hydrogens is 392 g/mol. The van der Waals surface area contributed by atoms with E-state index in [0.29, 0.717) is 0 Å². The van der Waals surface area contributed by atoms with Gasteiger partial charge in [-0.25, -0.2) is 4.98 Å². The van der Waals surface area contributed by atoms with Gasteiger partial charge in [0.2, 0.25) is 0 Å². The predicted octanol–water partition coefficient (Wildman–Crippen LogP) is 6.90. The number of fused-ring (bicyclic) bond motifs is 2. The first-order valence-electron chi connectivity index (χ1n) is 11.3. The number of hydrogen-bond donors (Lipinski definition) is 2. The SMILES string of the molecule is CC1(C)CCCc2c1c[nH]c2-c1cc2ccccc2c(-c2cc(-c3ccccc3)n[nH]2)n1. The second-order valence-corrected chi connectivity index (χ2v) is 9.40. The maximum Gasteiger partial charge on any atom is 0.0967 e. The van der Waals surface area contributed by atoms with Crippen molar-refractivity contribution >= 4 is 10.8 Å². The molecule has 4 heteroatoms. The summed E-state index contributed by atoms with van der Waals surface area (Å²) in [5, 5.41) is 10.1. The Morgan fingerprint density at radius 2 is 1.72 bits per heavy atom. The van der Waals surface area contributed by atoms with E-state index in [2.05, 4.69) is 83.8 Å². The summed E-state index contributed by atoms with van der Waals surface area (Å²) < 4.78 is 0. The topological polar surface area (TPSA) is 57.4 Å². The molecule has 3 aromatic heterocycles. The smallest absolute Gasteiger partial charge is 0.0967 e. The van der Waals surface area contributed by atoms with Crippen LogP contribution in [0.3, 0.4) is 0 Å². The molecule has 0 aliphatic heterocycles. The molecule has 2 aromatic carbocycles. The Bertz CT molecular complexity index is 1420. The van der Waals surface area contributed by atoms with Gasteiger partial charge in [-0.05, 0) is 53.3 Å². The Kier molecular flexibility index (Phi) is 4.29. The molecule has 0 fully saturated rings. The summed E-state index contributed by atoms with van der Waals surface area (Å²) in [4.78, 5) is 8.75. The summed E-state index contributed by atoms with van der Waals surface area (Å²) >= 11 is 0. The van der Waals surface area contributed by atoms with Crippen molar-refractivity contribution in [1.82, 2.24) is 20.2 Å². The van der Waals surface area contributed by atoms with Gasteiger partial charge in [-0.1, -0.05) is 68.4 Å². The molecule has 1 aliphatic rings. The Balaban J connectivity index is 1.52. The summed E-state index contributed by atoms with van der Waals surface area (Å²) in [5.74, 6) is 0. The molecule has 4 nitrogen and oxygen atoms in total. The van der Waals surface area contributed by atoms with Crippen LogP contribution in [-0.4, -0.2) is 20.2 Å². The Labute approximate surface area is 187 Å². The minimum atomic E-state index is 0.204. The Hall–Kier alpha value is -3.66. The zero-order chi connectivity index (χ0) is 21.7. The van der Waals surface area contributed by atoms with Crippen LogP contribution in [0.5, 0.6) is 0 Å². The third kappa shape index (κ3) is 3.06. The summed E-state index contributed by atoms with van der Waals surface area (Å²) in [7, 11) is 0. The second-order valence-electron chi connectivity index (χ2n) is 9.40. The average Bonchev–Trinajstić information content (AvgIpc) is 3.47. The first kappa shape index (κ1) is 19.1. The van der Waals surface area contributed by atoms with Crippen molar-refractivity contribution < 1.29 is 0 Å². The van der Waals surface area contributed by atoms with Crippen LogP contribution in [0, 0.1) is 0 Å². The van der Waals surface area contributed by atoms with Gasteiger partial charge in [0.15, 0.2) is 0 Å². The van der Waals surface area contributed by atoms with Crippen molar-refractivity contribution in [3.05, 3.63) is 84.1 Å². The van der Waals surface area contributed by atoms with Gasteiger partial charge in [-0.2, -0.15) is 5.10 Å². The Morgan fingerprint density at radius 1 is 0.906 bits per heavy atom. The lowest BCUT2D eigenvalue weighted by molar-refractivity contribution is 0.434. The van der Waals surface area contributed by atoms with E-state index in [4.69, 9.17) is 4.98 Å². The maximum atomic E-state index is 5.17. The molecule has 0 radical (unpaired) electrons. The monoisotopic (exact) mass is 418 g/mol. The van der Waals surface area contributed by atoms with E-state index in [1.54, 1.807) is 0 Å². The van der Waals surface area contributed by atoms with E-state index < -0.39 is 0 Å². The number of aromatic nitrogens is 4. The minimum absolute atomic E-state index is 0.204. The second kappa shape index (κ2) is 7.20. The molecule has 158 valence electrons. The van der Waals surface area contributed by atoms with Crippen LogP contribution < -0.4 is 0 Å². The van der Waals surface area contributed by atoms with E-state index in [1.807, 2.05) is 18.2 Å². The van der Waals surface area contributed by atoms with Gasteiger partial charge in [0.05, 0.1) is 28.5 Å². The summed E-state index contributed by atoms with van der Waals surface area (Å²) in [6, 6.07) is 23.0. The van der Waals surface area contributed by atoms with Crippen LogP contribution in [0.2, 0.25) is 0 Å². The first-order chi connectivity index (χ1) is 15.6. The predicted molar refractivity (Wildman–Crippen MR) is 131 cm³/mol. The Morgan fingerprint density at radius 3 is 2.59 bits per heavy atom. The fourth-order valence-electron chi connectivity index (χ4n) is 5.12. The lowest BCUT2D eigenvalue weighted by Gasteiger charge is -2.30. The van der Waals surface area contributed by atoms with E-state index in [-0.39, 0.29) is 5.41 Å². The molecule has 0 spiro atoms. The molecule has 5 aromatic rings. The largest absolute Gasteiger partial charge is 0.359 e. The van der Waals surface area contributed by atoms with Crippen molar-refractivity contribution in [2.75, 3.05) is 0 Å². The molecule has 32 heavy (non-hydrogen) atoms. The van der Waals surface area contributed by atoms with E-state index in [0.717, 1.165) is 45.8 Å². The summed E-state index contributed by atoms with van der Waals surface area (Å²) in [6.07, 6.45) is 5.74. The highest BCUT2D eigenvalue weighted by Gasteiger charge is 2.30. The number of benzene rings is 2. The first-order valence-corrected chi connectivity index (χ1v) is 11.3. The normalized spacial score (nSPS) is 15.1. The van der Waals surface area contributed by atoms with E-state index >= 15 is 0 Å². The number of nitrogens with one attached hydrogen (secondary N) is 2. The molecule has 0 bridgehead atoms. The van der Waals surface area contributed by atoms with Crippen LogP contribution in [0.15, 0.2) is 72.9 Å². The van der Waals surface area contributed by atoms with Crippen LogP contribution in [0.25, 0.3) is 44.8 Å². The lowest BCUT2D eigenvalue weighted by atomic mass is 9.74. The molecule has 3 heterocycles. The highest BCUT2D eigenvalue weighted by Crippen LogP contribution is 2.41. The van der Waals surface area contributed by atoms with Gasteiger partial charge in [0, 0.05) is 17.1 Å². The van der Waals surface area contributed by atoms with Crippen molar-refractivity contribution in [2.45, 2.75) is 38.5 Å². The van der Waals surface area contributed by atoms with Gasteiger partial charge in [-0.15, -0.1) is 0 Å². The zero-order valence-corrected chi connectivity index (χ0v) is 18.4. The highest BCUT2D eigenvalue weighted by atomic mass is 15.1. The quantitative estimate of drug-likeness (QED) is 0.335. The molecule has 0 atom stereocenters. The highest BCUT2D eigenvalue weighted by molar-refractivity contribution is 5.96. The molecular formula is C28H26N4. The van der Waals surface area contributed by atoms with Crippen molar-refractivity contribution in [3.63, 3.8) is 0 Å². The van der Waals surface area contributed by atoms with Gasteiger partial charge in [0.25, 0.3) is 0 Å². The van der Waals surface area contributed by atoms with Gasteiger partial charge >= 0.3 is 0 Å². The molecule has 2 N–H and O–H groups in total. The summed E-state index contributed by atoms with van der Waals surface area (Å²) in [6.45, 7) is 4.69. The van der Waals surface area contributed by atoms with Gasteiger partial charge in [-0.3, -0.25) is 5.10 Å². The van der Waals surface area contributed by atoms with Crippen LogP contribution in [0.1, 0.15) is 37.8 Å². The van der Waals surface area contributed by atoms with E-state index in [1.165, 1.54) is 29.4 Å². The van der Waals surface area contributed by atoms with Gasteiger partial charge in [0.1, 0.15) is 0 Å². The summed E-state index contributed by atoms with van der Waals surface area (Å²) in [5.41, 5.74) is 9.10. The van der Waals surface area contributed by atoms with Crippen LogP contribution >= 0.6 is 0 Å². The molecule has 0 amide bonds. The maximum absolute atomic E-state index is 5.17. The molecule has 0 saturated carbocycles. The number of rotatable bonds is 3. The van der Waals surface area contributed by atoms with Crippen molar-refractivity contribution in [2.24, 2.45) is 0 Å². The van der Waals surface area contributed by atoms with E-state index in [9.17, 15) is 0 Å². The zero-order valence-electron chi connectivity index (χ0n) is 18.4. The van der Waals surface area contributed by atoms with Crippen LogP contribution in [-0.2, 0) is 11.8 Å². The molecule has 6 rings (SSSR count). The number of aromatic amines is 2. The van der Waals surface area contributed by atoms with Crippen molar-refractivity contribution in [3.8, 4) is 34.0 Å². The molecule has 0 saturated heterocycles. The third-order valence-electron chi connectivity index (χ3n) is 6.84. The number of H-pyrrole nitrogens is 2. The van der Waals surface area contributed by atoms with Crippen LogP contribution in [0.4, 0.5) is 0 Å². The van der Waals surface area contributed by atoms with Crippen molar-refractivity contribution in [1.29, 1.82) is 0 Å². The fourth-order valence-corrected chi connectivity index (χ4v) is 5.12. The van der Waals surface area contributed by atoms with Gasteiger partial charge < -0.3 is 4.98 Å². The molecule has 1 aliphatic carbocycles. The number of nitrogens with zero attached hydrogens (tertiary/aromatic N) is 2. The lowest BCUT2D eigenvalue weighted by Crippen LogP contribution is -2.22. The average molecular weight is 419 g/mol.